The maximum Gasteiger partial charge on any atom is 2.00 e. The molecule has 0 saturated heterocycles. The summed E-state index contributed by atoms with van der Waals surface area (Å²) in [5.41, 5.74) is -3.00. The van der Waals surface area contributed by atoms with Crippen LogP contribution in [0, 0.1) is 6.92 Å². The van der Waals surface area contributed by atoms with E-state index in [2.05, 4.69) is 166 Å². The van der Waals surface area contributed by atoms with Gasteiger partial charge in [0.1, 0.15) is 14.1 Å². The third-order valence-electron chi connectivity index (χ3n) is 7.10. The molecule has 0 aliphatic carbocycles. The van der Waals surface area contributed by atoms with Crippen molar-refractivity contribution in [1.82, 2.24) is 4.58 Å². The second-order valence-corrected chi connectivity index (χ2v) is 14.0. The normalized spacial score (nSPS) is 11.1. The Bertz CT molecular complexity index is 2130. The molecule has 0 N–H and O–H groups in total. The summed E-state index contributed by atoms with van der Waals surface area (Å²) < 4.78 is 61.2. The van der Waals surface area contributed by atoms with E-state index in [0.717, 1.165) is 0 Å². The van der Waals surface area contributed by atoms with Crippen LogP contribution >= 0.6 is 7.92 Å². The fraction of sp³-hybridized carbons (Fsp3) is 0.0789. The summed E-state index contributed by atoms with van der Waals surface area (Å²) >= 11 is 0. The third kappa shape index (κ3) is 8.93. The maximum atomic E-state index is 10.7. The van der Waals surface area contributed by atoms with Gasteiger partial charge in [-0.15, -0.1) is 12.1 Å². The second-order valence-electron chi connectivity index (χ2n) is 10.5. The van der Waals surface area contributed by atoms with E-state index in [-0.39, 0.29) is 20.4 Å². The summed E-state index contributed by atoms with van der Waals surface area (Å²) in [6.45, 7) is 6.50. The minimum absolute atomic E-state index is 0. The van der Waals surface area contributed by atoms with Gasteiger partial charge in [-0.25, -0.2) is 32.6 Å². The van der Waals surface area contributed by atoms with Crippen molar-refractivity contribution in [2.45, 2.75) is 5.51 Å². The SMILES string of the molecule is C=C[CH2-].C[N+](C)=c1ccc2ccccc2[c-]1-c1c(P(c2ccccc2)c2ccccc2)ccc2ccccc12.O=S(=O)([O-])C(F)(F)F.[Pd+2]. The minimum atomic E-state index is -6.09. The predicted octanol–water partition coefficient (Wildman–Crippen LogP) is 7.22. The zero-order valence-corrected chi connectivity index (χ0v) is 29.4. The topological polar surface area (TPSA) is 60.2 Å². The molecule has 0 saturated carbocycles. The molecule has 0 bridgehead atoms. The minimum Gasteiger partial charge on any atom is -0.741 e. The quantitative estimate of drug-likeness (QED) is 0.0475. The van der Waals surface area contributed by atoms with Crippen LogP contribution in [0.1, 0.15) is 0 Å². The van der Waals surface area contributed by atoms with E-state index in [1.807, 2.05) is 0 Å². The Balaban J connectivity index is 0.000000455. The first-order chi connectivity index (χ1) is 22.4. The van der Waals surface area contributed by atoms with Crippen molar-refractivity contribution in [3.8, 4) is 11.1 Å². The number of benzene rings is 6. The zero-order chi connectivity index (χ0) is 34.2. The van der Waals surface area contributed by atoms with E-state index < -0.39 is 23.5 Å². The number of alkyl halides is 3. The molecule has 0 radical (unpaired) electrons. The number of hydrogen-bond donors (Lipinski definition) is 0. The summed E-state index contributed by atoms with van der Waals surface area (Å²) in [7, 11) is -2.56. The number of rotatable bonds is 4. The maximum absolute atomic E-state index is 10.7. The molecule has 0 aromatic heterocycles. The molecular formula is C38H33F3NO3PPdS. The summed E-state index contributed by atoms with van der Waals surface area (Å²) in [6, 6.07) is 48.8. The number of allylic oxidation sites excluding steroid dienone is 1. The van der Waals surface area contributed by atoms with Gasteiger partial charge in [0, 0.05) is 0 Å². The summed E-state index contributed by atoms with van der Waals surface area (Å²) in [6.07, 6.45) is 1.50. The Kier molecular flexibility index (Phi) is 13.6. The Labute approximate surface area is 294 Å². The van der Waals surface area contributed by atoms with Crippen molar-refractivity contribution in [3.05, 3.63) is 158 Å². The molecule has 0 aliphatic rings. The second kappa shape index (κ2) is 16.9. The van der Waals surface area contributed by atoms with Crippen LogP contribution in [0.4, 0.5) is 13.2 Å². The van der Waals surface area contributed by atoms with Gasteiger partial charge in [0.15, 0.2) is 15.5 Å². The smallest absolute Gasteiger partial charge is 0.741 e. The predicted molar refractivity (Wildman–Crippen MR) is 190 cm³/mol. The van der Waals surface area contributed by atoms with Gasteiger partial charge < -0.3 is 4.55 Å². The number of fused-ring (bicyclic) bond motifs is 2. The molecule has 250 valence electrons. The van der Waals surface area contributed by atoms with Gasteiger partial charge in [-0.1, -0.05) is 142 Å². The Morgan fingerprint density at radius 1 is 0.750 bits per heavy atom. The Morgan fingerprint density at radius 3 is 1.69 bits per heavy atom. The Morgan fingerprint density at radius 2 is 1.19 bits per heavy atom. The average molecular weight is 778 g/mol. The molecule has 6 aromatic carbocycles. The molecule has 6 aromatic rings. The summed E-state index contributed by atoms with van der Waals surface area (Å²) in [4.78, 5) is 0. The largest absolute Gasteiger partial charge is 2.00 e. The first-order valence-electron chi connectivity index (χ1n) is 14.4. The van der Waals surface area contributed by atoms with E-state index >= 15 is 0 Å². The van der Waals surface area contributed by atoms with E-state index in [1.54, 1.807) is 0 Å². The molecule has 10 heteroatoms. The van der Waals surface area contributed by atoms with Crippen LogP contribution in [0.15, 0.2) is 146 Å². The van der Waals surface area contributed by atoms with Gasteiger partial charge in [0.05, 0.1) is 0 Å². The van der Waals surface area contributed by atoms with Crippen LogP contribution in [0.3, 0.4) is 0 Å². The summed E-state index contributed by atoms with van der Waals surface area (Å²) in [5.74, 6) is 0. The zero-order valence-electron chi connectivity index (χ0n) is 26.2. The third-order valence-corrected chi connectivity index (χ3v) is 10.1. The Hall–Kier alpha value is -3.96. The van der Waals surface area contributed by atoms with Crippen LogP contribution < -0.4 is 25.8 Å². The fourth-order valence-electron chi connectivity index (χ4n) is 5.19. The van der Waals surface area contributed by atoms with Crippen molar-refractivity contribution in [2.24, 2.45) is 0 Å². The van der Waals surface area contributed by atoms with Crippen LogP contribution in [-0.2, 0) is 30.5 Å². The first-order valence-corrected chi connectivity index (χ1v) is 17.2. The standard InChI is InChI=1S/C34H28NP.C3H5.CHF3O3S.Pd/c1-35(2)31-23-21-25-13-9-11-19-29(25)33(31)34-30-20-12-10-14-26(30)22-24-32(34)36(27-15-5-3-6-16-27)28-17-7-4-8-18-28;1-3-2;2-1(3,4)8(5,6)7;/h3-24H,1-2H3;3H,1-2H2;(H,5,6,7);/q;-1;;+2/p-1. The van der Waals surface area contributed by atoms with Gasteiger partial charge in [-0.05, 0) is 35.5 Å². The molecule has 48 heavy (non-hydrogen) atoms. The van der Waals surface area contributed by atoms with Gasteiger partial charge >= 0.3 is 25.9 Å². The van der Waals surface area contributed by atoms with E-state index in [9.17, 15) is 13.2 Å². The monoisotopic (exact) mass is 777 g/mol. The van der Waals surface area contributed by atoms with Crippen LogP contribution in [0.5, 0.6) is 0 Å². The van der Waals surface area contributed by atoms with Crippen LogP contribution in [0.2, 0.25) is 0 Å². The summed E-state index contributed by atoms with van der Waals surface area (Å²) in [5, 5.41) is 10.5. The van der Waals surface area contributed by atoms with Crippen LogP contribution in [-0.4, -0.2) is 32.6 Å². The van der Waals surface area contributed by atoms with Gasteiger partial charge in [0.25, 0.3) is 0 Å². The molecule has 4 nitrogen and oxygen atoms in total. The van der Waals surface area contributed by atoms with Gasteiger partial charge in [-0.2, -0.15) is 13.2 Å². The van der Waals surface area contributed by atoms with Crippen molar-refractivity contribution in [2.75, 3.05) is 14.1 Å². The fourth-order valence-corrected chi connectivity index (χ4v) is 7.66. The molecule has 0 atom stereocenters. The molecule has 0 aliphatic heterocycles. The molecule has 0 spiro atoms. The molecule has 0 amide bonds. The van der Waals surface area contributed by atoms with Gasteiger partial charge in [-0.3, -0.25) is 0 Å². The number of nitrogens with zero attached hydrogens (tertiary/aromatic N) is 1. The number of halogens is 3. The van der Waals surface area contributed by atoms with Crippen molar-refractivity contribution in [1.29, 1.82) is 0 Å². The van der Waals surface area contributed by atoms with E-state index in [4.69, 9.17) is 13.0 Å². The van der Waals surface area contributed by atoms with Crippen LogP contribution in [0.25, 0.3) is 32.7 Å². The van der Waals surface area contributed by atoms with Crippen molar-refractivity contribution in [3.63, 3.8) is 0 Å². The number of hydrogen-bond acceptors (Lipinski definition) is 3. The van der Waals surface area contributed by atoms with E-state index in [0.29, 0.717) is 0 Å². The molecule has 6 rings (SSSR count). The van der Waals surface area contributed by atoms with Crippen molar-refractivity contribution < 1.29 is 46.6 Å². The molecular weight excluding hydrogens is 745 g/mol. The molecule has 0 unspecified atom stereocenters. The van der Waals surface area contributed by atoms with E-state index in [1.165, 1.54) is 60.0 Å². The van der Waals surface area contributed by atoms with Gasteiger partial charge in [0.2, 0.25) is 0 Å². The molecule has 0 heterocycles. The average Bonchev–Trinajstić information content (AvgIpc) is 3.05. The van der Waals surface area contributed by atoms with Crippen molar-refractivity contribution >= 4 is 55.5 Å². The molecule has 0 fully saturated rings. The first kappa shape index (κ1) is 38.5.